The van der Waals surface area contributed by atoms with E-state index in [0.717, 1.165) is 44.0 Å². The minimum Gasteiger partial charge on any atom is -0.356 e. The van der Waals surface area contributed by atoms with Gasteiger partial charge in [0.25, 0.3) is 0 Å². The van der Waals surface area contributed by atoms with Crippen LogP contribution >= 0.6 is 35.3 Å². The van der Waals surface area contributed by atoms with E-state index in [0.29, 0.717) is 0 Å². The Morgan fingerprint density at radius 1 is 1.42 bits per heavy atom. The lowest BCUT2D eigenvalue weighted by Gasteiger charge is -2.22. The lowest BCUT2D eigenvalue weighted by atomic mass is 10.2. The molecule has 0 radical (unpaired) electrons. The van der Waals surface area contributed by atoms with E-state index in [1.165, 1.54) is 10.7 Å². The summed E-state index contributed by atoms with van der Waals surface area (Å²) in [5, 5.41) is 6.80. The van der Waals surface area contributed by atoms with E-state index in [-0.39, 0.29) is 24.0 Å². The third-order valence-corrected chi connectivity index (χ3v) is 4.82. The second-order valence-electron chi connectivity index (χ2n) is 5.78. The van der Waals surface area contributed by atoms with E-state index in [4.69, 9.17) is 0 Å². The molecule has 2 heterocycles. The molecule has 2 rings (SSSR count). The molecule has 0 saturated heterocycles. The second-order valence-corrected chi connectivity index (χ2v) is 6.72. The number of nitrogens with zero attached hydrogens (tertiary/aromatic N) is 4. The van der Waals surface area contributed by atoms with Crippen molar-refractivity contribution < 1.29 is 0 Å². The van der Waals surface area contributed by atoms with E-state index in [9.17, 15) is 0 Å². The highest BCUT2D eigenvalue weighted by Gasteiger charge is 2.08. The van der Waals surface area contributed by atoms with Gasteiger partial charge in [-0.1, -0.05) is 0 Å². The Bertz CT molecular complexity index is 634. The summed E-state index contributed by atoms with van der Waals surface area (Å²) in [6.07, 6.45) is 5.41. The summed E-state index contributed by atoms with van der Waals surface area (Å²) >= 11 is 1.76. The summed E-state index contributed by atoms with van der Waals surface area (Å²) in [5.41, 5.74) is 2.40. The van der Waals surface area contributed by atoms with Gasteiger partial charge >= 0.3 is 0 Å². The Hall–Kier alpha value is -1.09. The molecule has 0 bridgehead atoms. The maximum absolute atomic E-state index is 4.50. The van der Waals surface area contributed by atoms with Crippen LogP contribution in [0.15, 0.2) is 28.7 Å². The van der Waals surface area contributed by atoms with E-state index in [1.807, 2.05) is 14.0 Å². The number of thiazole rings is 1. The van der Waals surface area contributed by atoms with Crippen LogP contribution in [0.3, 0.4) is 0 Å². The van der Waals surface area contributed by atoms with Crippen molar-refractivity contribution in [2.45, 2.75) is 32.7 Å². The summed E-state index contributed by atoms with van der Waals surface area (Å²) in [4.78, 5) is 11.0. The van der Waals surface area contributed by atoms with Crippen LogP contribution < -0.4 is 5.32 Å². The summed E-state index contributed by atoms with van der Waals surface area (Å²) in [6, 6.07) is 4.21. The molecule has 0 aliphatic carbocycles. The van der Waals surface area contributed by atoms with E-state index in [2.05, 4.69) is 62.6 Å². The van der Waals surface area contributed by atoms with Gasteiger partial charge in [0.05, 0.1) is 11.6 Å². The van der Waals surface area contributed by atoms with Crippen molar-refractivity contribution in [3.63, 3.8) is 0 Å². The normalized spacial score (nSPS) is 11.2. The van der Waals surface area contributed by atoms with Crippen LogP contribution in [0.25, 0.3) is 0 Å². The number of aromatic nitrogens is 2. The van der Waals surface area contributed by atoms with Crippen LogP contribution in [0.1, 0.15) is 29.2 Å². The monoisotopic (exact) mass is 461 g/mol. The average Bonchev–Trinajstić information content (AvgIpc) is 3.12. The van der Waals surface area contributed by atoms with Gasteiger partial charge in [0, 0.05) is 50.7 Å². The van der Waals surface area contributed by atoms with Gasteiger partial charge in [-0.2, -0.15) is 0 Å². The molecule has 0 amide bonds. The van der Waals surface area contributed by atoms with Crippen molar-refractivity contribution in [3.8, 4) is 0 Å². The lowest BCUT2D eigenvalue weighted by Crippen LogP contribution is -2.39. The van der Waals surface area contributed by atoms with Crippen molar-refractivity contribution >= 4 is 41.3 Å². The minimum atomic E-state index is 0. The molecule has 2 aromatic rings. The number of hydrogen-bond donors (Lipinski definition) is 1. The van der Waals surface area contributed by atoms with Crippen LogP contribution in [0.4, 0.5) is 0 Å². The van der Waals surface area contributed by atoms with Crippen molar-refractivity contribution in [2.75, 3.05) is 20.6 Å². The van der Waals surface area contributed by atoms with Gasteiger partial charge in [0.2, 0.25) is 0 Å². The first-order valence-electron chi connectivity index (χ1n) is 8.03. The molecule has 0 spiro atoms. The number of guanidine groups is 1. The number of nitrogens with one attached hydrogen (secondary N) is 1. The van der Waals surface area contributed by atoms with Gasteiger partial charge in [-0.05, 0) is 38.3 Å². The number of halogens is 1. The summed E-state index contributed by atoms with van der Waals surface area (Å²) < 4.78 is 2.14. The zero-order valence-electron chi connectivity index (χ0n) is 15.0. The predicted octanol–water partition coefficient (Wildman–Crippen LogP) is 3.44. The molecule has 24 heavy (non-hydrogen) atoms. The average molecular weight is 461 g/mol. The second kappa shape index (κ2) is 10.7. The first-order valence-corrected chi connectivity index (χ1v) is 8.91. The summed E-state index contributed by atoms with van der Waals surface area (Å²) in [5.74, 6) is 0.941. The molecular weight excluding hydrogens is 433 g/mol. The molecule has 0 aliphatic rings. The van der Waals surface area contributed by atoms with Gasteiger partial charge in [-0.15, -0.1) is 35.3 Å². The molecular formula is C17H28IN5S. The van der Waals surface area contributed by atoms with Crippen molar-refractivity contribution in [3.05, 3.63) is 40.1 Å². The number of rotatable bonds is 7. The highest BCUT2D eigenvalue weighted by Crippen LogP contribution is 2.11. The van der Waals surface area contributed by atoms with Gasteiger partial charge in [0.1, 0.15) is 0 Å². The van der Waals surface area contributed by atoms with Crippen LogP contribution in [0, 0.1) is 6.92 Å². The molecule has 2 aromatic heterocycles. The smallest absolute Gasteiger partial charge is 0.193 e. The molecule has 0 aromatic carbocycles. The third-order valence-electron chi connectivity index (χ3n) is 3.79. The first kappa shape index (κ1) is 21.0. The molecule has 0 aliphatic heterocycles. The summed E-state index contributed by atoms with van der Waals surface area (Å²) in [6.45, 7) is 3.84. The van der Waals surface area contributed by atoms with Crippen LogP contribution in [-0.2, 0) is 20.0 Å². The van der Waals surface area contributed by atoms with Crippen molar-refractivity contribution in [1.82, 2.24) is 19.8 Å². The summed E-state index contributed by atoms with van der Waals surface area (Å²) in [7, 11) is 5.97. The lowest BCUT2D eigenvalue weighted by molar-refractivity contribution is 0.460. The minimum absolute atomic E-state index is 0. The largest absolute Gasteiger partial charge is 0.356 e. The highest BCUT2D eigenvalue weighted by molar-refractivity contribution is 14.0. The number of unbranched alkanes of at least 4 members (excludes halogenated alkanes) is 1. The van der Waals surface area contributed by atoms with Gasteiger partial charge in [-0.25, -0.2) is 4.98 Å². The molecule has 0 atom stereocenters. The van der Waals surface area contributed by atoms with E-state index >= 15 is 0 Å². The van der Waals surface area contributed by atoms with Crippen LogP contribution in [0.5, 0.6) is 0 Å². The predicted molar refractivity (Wildman–Crippen MR) is 113 cm³/mol. The third kappa shape index (κ3) is 6.43. The van der Waals surface area contributed by atoms with Crippen molar-refractivity contribution in [1.29, 1.82) is 0 Å². The Kier molecular flexibility index (Phi) is 9.35. The van der Waals surface area contributed by atoms with Crippen LogP contribution in [0.2, 0.25) is 0 Å². The van der Waals surface area contributed by atoms with Gasteiger partial charge < -0.3 is 14.8 Å². The SMILES string of the molecule is CN=C(NCCCCc1nc(C)cs1)N(C)Cc1cccn1C.I. The fourth-order valence-corrected chi connectivity index (χ4v) is 3.30. The first-order chi connectivity index (χ1) is 11.1. The van der Waals surface area contributed by atoms with Crippen molar-refractivity contribution in [2.24, 2.45) is 12.0 Å². The van der Waals surface area contributed by atoms with Crippen LogP contribution in [-0.4, -0.2) is 41.1 Å². The molecule has 0 fully saturated rings. The Morgan fingerprint density at radius 3 is 2.79 bits per heavy atom. The van der Waals surface area contributed by atoms with E-state index in [1.54, 1.807) is 11.3 Å². The highest BCUT2D eigenvalue weighted by atomic mass is 127. The Balaban J connectivity index is 0.00000288. The Labute approximate surface area is 166 Å². The topological polar surface area (TPSA) is 45.5 Å². The quantitative estimate of drug-likeness (QED) is 0.298. The number of hydrogen-bond acceptors (Lipinski definition) is 3. The van der Waals surface area contributed by atoms with Gasteiger partial charge in [-0.3, -0.25) is 4.99 Å². The van der Waals surface area contributed by atoms with Gasteiger partial charge in [0.15, 0.2) is 5.96 Å². The van der Waals surface area contributed by atoms with E-state index < -0.39 is 0 Å². The fourth-order valence-electron chi connectivity index (χ4n) is 2.48. The zero-order valence-corrected chi connectivity index (χ0v) is 18.1. The fraction of sp³-hybridized carbons (Fsp3) is 0.529. The standard InChI is InChI=1S/C17H27N5S.HI/c1-14-13-23-16(20-14)9-5-6-10-19-17(18-2)22(4)12-15-8-7-11-21(15)3;/h7-8,11,13H,5-6,9-10,12H2,1-4H3,(H,18,19);1H. The Morgan fingerprint density at radius 2 is 2.21 bits per heavy atom. The maximum Gasteiger partial charge on any atom is 0.193 e. The molecule has 5 nitrogen and oxygen atoms in total. The zero-order chi connectivity index (χ0) is 16.7. The molecule has 0 saturated carbocycles. The number of aliphatic imine (C=N–C) groups is 1. The molecule has 7 heteroatoms. The molecule has 1 N–H and O–H groups in total. The molecule has 134 valence electrons. The maximum atomic E-state index is 4.50. The molecule has 0 unspecified atom stereocenters. The number of aryl methyl sites for hydroxylation is 3.